The second-order valence-electron chi connectivity index (χ2n) is 5.37. The highest BCUT2D eigenvalue weighted by Gasteiger charge is 2.26. The first-order valence-corrected chi connectivity index (χ1v) is 8.30. The summed E-state index contributed by atoms with van der Waals surface area (Å²) in [6, 6.07) is 0. The number of nitrogens with one attached hydrogen (secondary N) is 1. The number of unbranched alkanes of at least 4 members (excludes halogenated alkanes) is 1. The van der Waals surface area contributed by atoms with Crippen LogP contribution in [-0.2, 0) is 16.0 Å². The fraction of sp³-hybridized carbons (Fsp3) is 0.714. The Hall–Kier alpha value is -1.50. The molecular weight excluding hydrogens is 288 g/mol. The summed E-state index contributed by atoms with van der Waals surface area (Å²) in [7, 11) is 0. The number of rotatable bonds is 5. The number of hydrogen-bond acceptors (Lipinski definition) is 5. The van der Waals surface area contributed by atoms with Gasteiger partial charge in [-0.25, -0.2) is 0 Å². The van der Waals surface area contributed by atoms with Gasteiger partial charge in [-0.05, 0) is 19.3 Å². The lowest BCUT2D eigenvalue weighted by Gasteiger charge is -2.30. The molecule has 7 heteroatoms. The molecular formula is C14H22N4O2S. The third kappa shape index (κ3) is 4.49. The van der Waals surface area contributed by atoms with Crippen LogP contribution >= 0.6 is 11.3 Å². The third-order valence-electron chi connectivity index (χ3n) is 3.75. The average Bonchev–Trinajstić information content (AvgIpc) is 2.92. The third-order valence-corrected chi connectivity index (χ3v) is 4.65. The summed E-state index contributed by atoms with van der Waals surface area (Å²) in [6.07, 6.45) is 4.56. The van der Waals surface area contributed by atoms with E-state index in [1.54, 1.807) is 11.8 Å². The SMILES string of the molecule is CCCCc1nnc(NC(=O)C2CCN(C(C)=O)CC2)s1. The number of likely N-dealkylation sites (tertiary alicyclic amines) is 1. The van der Waals surface area contributed by atoms with E-state index in [1.807, 2.05) is 0 Å². The molecule has 1 aliphatic heterocycles. The van der Waals surface area contributed by atoms with Crippen molar-refractivity contribution in [1.29, 1.82) is 0 Å². The second kappa shape index (κ2) is 7.49. The number of carbonyl (C=O) groups excluding carboxylic acids is 2. The molecule has 0 atom stereocenters. The molecule has 2 heterocycles. The van der Waals surface area contributed by atoms with Gasteiger partial charge in [-0.3, -0.25) is 9.59 Å². The zero-order valence-corrected chi connectivity index (χ0v) is 13.4. The van der Waals surface area contributed by atoms with Gasteiger partial charge >= 0.3 is 0 Å². The Balaban J connectivity index is 1.82. The minimum Gasteiger partial charge on any atom is -0.343 e. The molecule has 1 aromatic heterocycles. The van der Waals surface area contributed by atoms with Crippen molar-refractivity contribution in [3.8, 4) is 0 Å². The number of nitrogens with zero attached hydrogens (tertiary/aromatic N) is 3. The van der Waals surface area contributed by atoms with Crippen LogP contribution in [0, 0.1) is 5.92 Å². The Morgan fingerprint density at radius 2 is 2.05 bits per heavy atom. The molecule has 21 heavy (non-hydrogen) atoms. The van der Waals surface area contributed by atoms with Crippen LogP contribution in [0.1, 0.15) is 44.5 Å². The molecule has 0 aromatic carbocycles. The summed E-state index contributed by atoms with van der Waals surface area (Å²) in [5.41, 5.74) is 0. The van der Waals surface area contributed by atoms with E-state index in [2.05, 4.69) is 22.4 Å². The molecule has 0 saturated carbocycles. The molecule has 0 unspecified atom stereocenters. The van der Waals surface area contributed by atoms with E-state index in [0.717, 1.165) is 24.3 Å². The molecule has 116 valence electrons. The van der Waals surface area contributed by atoms with Crippen molar-refractivity contribution in [2.24, 2.45) is 5.92 Å². The molecule has 0 bridgehead atoms. The number of carbonyl (C=O) groups is 2. The van der Waals surface area contributed by atoms with Crippen LogP contribution in [0.5, 0.6) is 0 Å². The first-order valence-electron chi connectivity index (χ1n) is 7.49. The summed E-state index contributed by atoms with van der Waals surface area (Å²) < 4.78 is 0. The van der Waals surface area contributed by atoms with E-state index in [9.17, 15) is 9.59 Å². The monoisotopic (exact) mass is 310 g/mol. The summed E-state index contributed by atoms with van der Waals surface area (Å²) >= 11 is 1.45. The van der Waals surface area contributed by atoms with Crippen LogP contribution in [0.3, 0.4) is 0 Å². The molecule has 0 spiro atoms. The molecule has 6 nitrogen and oxygen atoms in total. The average molecular weight is 310 g/mol. The van der Waals surface area contributed by atoms with Crippen LogP contribution in [-0.4, -0.2) is 40.0 Å². The molecule has 2 amide bonds. The van der Waals surface area contributed by atoms with Crippen molar-refractivity contribution >= 4 is 28.3 Å². The standard InChI is InChI=1S/C14H22N4O2S/c1-3-4-5-12-16-17-14(21-12)15-13(20)11-6-8-18(9-7-11)10(2)19/h11H,3-9H2,1-2H3,(H,15,17,20). The minimum atomic E-state index is -0.0383. The highest BCUT2D eigenvalue weighted by molar-refractivity contribution is 7.15. The summed E-state index contributed by atoms with van der Waals surface area (Å²) in [4.78, 5) is 25.2. The summed E-state index contributed by atoms with van der Waals surface area (Å²) in [6.45, 7) is 5.02. The van der Waals surface area contributed by atoms with Crippen LogP contribution in [0.15, 0.2) is 0 Å². The number of hydrogen-bond donors (Lipinski definition) is 1. The first kappa shape index (κ1) is 15.9. The lowest BCUT2D eigenvalue weighted by atomic mass is 9.96. The predicted octanol–water partition coefficient (Wildman–Crippen LogP) is 2.08. The first-order chi connectivity index (χ1) is 10.1. The zero-order chi connectivity index (χ0) is 15.2. The minimum absolute atomic E-state index is 0.00334. The van der Waals surface area contributed by atoms with E-state index in [4.69, 9.17) is 0 Å². The van der Waals surface area contributed by atoms with Crippen molar-refractivity contribution in [3.63, 3.8) is 0 Å². The van der Waals surface area contributed by atoms with Gasteiger partial charge in [-0.1, -0.05) is 24.7 Å². The van der Waals surface area contributed by atoms with Crippen molar-refractivity contribution in [2.45, 2.75) is 46.0 Å². The van der Waals surface area contributed by atoms with Gasteiger partial charge in [0.2, 0.25) is 16.9 Å². The lowest BCUT2D eigenvalue weighted by Crippen LogP contribution is -2.40. The van der Waals surface area contributed by atoms with Crippen molar-refractivity contribution in [3.05, 3.63) is 5.01 Å². The highest BCUT2D eigenvalue weighted by atomic mass is 32.1. The van der Waals surface area contributed by atoms with E-state index in [1.165, 1.54) is 11.3 Å². The lowest BCUT2D eigenvalue weighted by molar-refractivity contribution is -0.132. The maximum Gasteiger partial charge on any atom is 0.229 e. The van der Waals surface area contributed by atoms with Crippen molar-refractivity contribution in [2.75, 3.05) is 18.4 Å². The Morgan fingerprint density at radius 3 is 2.67 bits per heavy atom. The fourth-order valence-corrected chi connectivity index (χ4v) is 3.18. The van der Waals surface area contributed by atoms with Gasteiger partial charge in [-0.15, -0.1) is 10.2 Å². The molecule has 1 N–H and O–H groups in total. The van der Waals surface area contributed by atoms with Crippen molar-refractivity contribution < 1.29 is 9.59 Å². The second-order valence-corrected chi connectivity index (χ2v) is 6.44. The van der Waals surface area contributed by atoms with Gasteiger partial charge in [0.15, 0.2) is 0 Å². The van der Waals surface area contributed by atoms with Gasteiger partial charge < -0.3 is 10.2 Å². The molecule has 2 rings (SSSR count). The fourth-order valence-electron chi connectivity index (χ4n) is 2.40. The number of piperidine rings is 1. The zero-order valence-electron chi connectivity index (χ0n) is 12.6. The van der Waals surface area contributed by atoms with Crippen LogP contribution in [0.4, 0.5) is 5.13 Å². The van der Waals surface area contributed by atoms with Crippen LogP contribution in [0.2, 0.25) is 0 Å². The topological polar surface area (TPSA) is 75.2 Å². The van der Waals surface area contributed by atoms with E-state index in [-0.39, 0.29) is 17.7 Å². The Morgan fingerprint density at radius 1 is 1.33 bits per heavy atom. The van der Waals surface area contributed by atoms with Gasteiger partial charge in [0.1, 0.15) is 5.01 Å². The molecule has 1 aromatic rings. The van der Waals surface area contributed by atoms with Gasteiger partial charge in [-0.2, -0.15) is 0 Å². The Kier molecular flexibility index (Phi) is 5.67. The van der Waals surface area contributed by atoms with Gasteiger partial charge in [0.25, 0.3) is 0 Å². The number of anilines is 1. The number of aryl methyl sites for hydroxylation is 1. The van der Waals surface area contributed by atoms with Crippen molar-refractivity contribution in [1.82, 2.24) is 15.1 Å². The van der Waals surface area contributed by atoms with E-state index < -0.39 is 0 Å². The van der Waals surface area contributed by atoms with E-state index in [0.29, 0.717) is 31.1 Å². The molecule has 1 aliphatic rings. The Labute approximate surface area is 128 Å². The molecule has 1 fully saturated rings. The molecule has 1 saturated heterocycles. The van der Waals surface area contributed by atoms with Gasteiger partial charge in [0.05, 0.1) is 0 Å². The van der Waals surface area contributed by atoms with Gasteiger partial charge in [0, 0.05) is 32.4 Å². The van der Waals surface area contributed by atoms with Crippen LogP contribution in [0.25, 0.3) is 0 Å². The Bertz CT molecular complexity index is 495. The normalized spacial score (nSPS) is 16.0. The quantitative estimate of drug-likeness (QED) is 0.903. The summed E-state index contributed by atoms with van der Waals surface area (Å²) in [5, 5.41) is 12.5. The smallest absolute Gasteiger partial charge is 0.229 e. The van der Waals surface area contributed by atoms with E-state index >= 15 is 0 Å². The largest absolute Gasteiger partial charge is 0.343 e. The maximum atomic E-state index is 12.2. The predicted molar refractivity (Wildman–Crippen MR) is 82.1 cm³/mol. The molecule has 0 radical (unpaired) electrons. The van der Waals surface area contributed by atoms with Crippen LogP contribution < -0.4 is 5.32 Å². The number of amides is 2. The number of aromatic nitrogens is 2. The summed E-state index contributed by atoms with van der Waals surface area (Å²) in [5.74, 6) is 0.0403. The maximum absolute atomic E-state index is 12.2. The molecule has 0 aliphatic carbocycles. The highest BCUT2D eigenvalue weighted by Crippen LogP contribution is 2.22.